The van der Waals surface area contributed by atoms with Crippen molar-refractivity contribution in [1.82, 2.24) is 4.98 Å². The van der Waals surface area contributed by atoms with Gasteiger partial charge < -0.3 is 5.32 Å². The van der Waals surface area contributed by atoms with Gasteiger partial charge in [-0.05, 0) is 31.5 Å². The fourth-order valence-corrected chi connectivity index (χ4v) is 2.93. The average Bonchev–Trinajstić information content (AvgIpc) is 2.49. The number of benzene rings is 2. The fraction of sp³-hybridized carbons (Fsp3) is 0.167. The van der Waals surface area contributed by atoms with Gasteiger partial charge in [0.2, 0.25) is 0 Å². The predicted molar refractivity (Wildman–Crippen MR) is 92.7 cm³/mol. The standard InChI is InChI=1S/C18H17BrN2/c1-12-6-8-14(9-7-12)13(2)21-18-16-4-3-5-17(19)15(16)10-11-20-18/h3-11,13H,1-2H3,(H,20,21). The summed E-state index contributed by atoms with van der Waals surface area (Å²) < 4.78 is 1.09. The van der Waals surface area contributed by atoms with E-state index in [0.717, 1.165) is 15.7 Å². The summed E-state index contributed by atoms with van der Waals surface area (Å²) in [4.78, 5) is 4.50. The van der Waals surface area contributed by atoms with E-state index in [1.807, 2.05) is 18.3 Å². The van der Waals surface area contributed by atoms with E-state index >= 15 is 0 Å². The van der Waals surface area contributed by atoms with Gasteiger partial charge in [0, 0.05) is 27.5 Å². The molecule has 0 saturated carbocycles. The van der Waals surface area contributed by atoms with Gasteiger partial charge in [-0.1, -0.05) is 57.9 Å². The number of nitrogens with zero attached hydrogens (tertiary/aromatic N) is 1. The lowest BCUT2D eigenvalue weighted by atomic mass is 10.1. The van der Waals surface area contributed by atoms with Crippen molar-refractivity contribution < 1.29 is 0 Å². The second-order valence-electron chi connectivity index (χ2n) is 5.27. The van der Waals surface area contributed by atoms with Crippen LogP contribution in [0.25, 0.3) is 10.8 Å². The molecule has 0 spiro atoms. The van der Waals surface area contributed by atoms with Gasteiger partial charge in [-0.15, -0.1) is 0 Å². The molecule has 1 atom stereocenters. The van der Waals surface area contributed by atoms with Crippen LogP contribution in [0.15, 0.2) is 59.2 Å². The van der Waals surface area contributed by atoms with Gasteiger partial charge in [-0.3, -0.25) is 0 Å². The molecule has 3 aromatic rings. The van der Waals surface area contributed by atoms with Crippen LogP contribution in [0, 0.1) is 6.92 Å². The number of rotatable bonds is 3. The van der Waals surface area contributed by atoms with Gasteiger partial charge in [0.15, 0.2) is 0 Å². The molecule has 0 aliphatic rings. The molecule has 2 nitrogen and oxygen atoms in total. The number of fused-ring (bicyclic) bond motifs is 1. The lowest BCUT2D eigenvalue weighted by Crippen LogP contribution is -2.08. The highest BCUT2D eigenvalue weighted by Crippen LogP contribution is 2.29. The normalized spacial score (nSPS) is 12.3. The van der Waals surface area contributed by atoms with Gasteiger partial charge >= 0.3 is 0 Å². The second-order valence-corrected chi connectivity index (χ2v) is 6.13. The Bertz CT molecular complexity index is 766. The van der Waals surface area contributed by atoms with Crippen LogP contribution in [0.3, 0.4) is 0 Å². The van der Waals surface area contributed by atoms with Crippen molar-refractivity contribution in [2.75, 3.05) is 5.32 Å². The Balaban J connectivity index is 1.94. The minimum atomic E-state index is 0.211. The van der Waals surface area contributed by atoms with Crippen LogP contribution in [0.2, 0.25) is 0 Å². The summed E-state index contributed by atoms with van der Waals surface area (Å²) in [7, 11) is 0. The maximum atomic E-state index is 4.50. The largest absolute Gasteiger partial charge is 0.363 e. The zero-order valence-electron chi connectivity index (χ0n) is 12.1. The first-order valence-electron chi connectivity index (χ1n) is 7.01. The number of hydrogen-bond donors (Lipinski definition) is 1. The van der Waals surface area contributed by atoms with Gasteiger partial charge in [0.05, 0.1) is 0 Å². The van der Waals surface area contributed by atoms with E-state index < -0.39 is 0 Å². The third kappa shape index (κ3) is 2.93. The Morgan fingerprint density at radius 3 is 2.52 bits per heavy atom. The predicted octanol–water partition coefficient (Wildman–Crippen LogP) is 5.48. The number of nitrogens with one attached hydrogen (secondary N) is 1. The van der Waals surface area contributed by atoms with Crippen LogP contribution >= 0.6 is 15.9 Å². The molecule has 1 N–H and O–H groups in total. The molecule has 3 heteroatoms. The van der Waals surface area contributed by atoms with Gasteiger partial charge in [0.1, 0.15) is 5.82 Å². The summed E-state index contributed by atoms with van der Waals surface area (Å²) in [6.45, 7) is 4.26. The van der Waals surface area contributed by atoms with E-state index in [0.29, 0.717) is 0 Å². The van der Waals surface area contributed by atoms with E-state index in [1.165, 1.54) is 16.5 Å². The van der Waals surface area contributed by atoms with Crippen molar-refractivity contribution in [3.8, 4) is 0 Å². The molecular weight excluding hydrogens is 324 g/mol. The number of aryl methyl sites for hydroxylation is 1. The summed E-state index contributed by atoms with van der Waals surface area (Å²) in [6.07, 6.45) is 1.84. The number of pyridine rings is 1. The Morgan fingerprint density at radius 1 is 1.00 bits per heavy atom. The first kappa shape index (κ1) is 14.1. The van der Waals surface area contributed by atoms with E-state index in [2.05, 4.69) is 76.5 Å². The summed E-state index contributed by atoms with van der Waals surface area (Å²) in [5.74, 6) is 0.918. The summed E-state index contributed by atoms with van der Waals surface area (Å²) in [5.41, 5.74) is 2.53. The van der Waals surface area contributed by atoms with Crippen molar-refractivity contribution in [2.45, 2.75) is 19.9 Å². The Kier molecular flexibility index (Phi) is 3.93. The lowest BCUT2D eigenvalue weighted by Gasteiger charge is -2.17. The van der Waals surface area contributed by atoms with Crippen LogP contribution in [0.5, 0.6) is 0 Å². The first-order valence-corrected chi connectivity index (χ1v) is 7.81. The average molecular weight is 341 g/mol. The number of hydrogen-bond acceptors (Lipinski definition) is 2. The van der Waals surface area contributed by atoms with Gasteiger partial charge in [0.25, 0.3) is 0 Å². The van der Waals surface area contributed by atoms with Crippen molar-refractivity contribution >= 4 is 32.5 Å². The molecule has 106 valence electrons. The molecule has 0 aliphatic carbocycles. The highest BCUT2D eigenvalue weighted by molar-refractivity contribution is 9.10. The molecular formula is C18H17BrN2. The zero-order chi connectivity index (χ0) is 14.8. The van der Waals surface area contributed by atoms with Crippen molar-refractivity contribution in [1.29, 1.82) is 0 Å². The Labute approximate surface area is 133 Å². The van der Waals surface area contributed by atoms with Crippen LogP contribution in [0.4, 0.5) is 5.82 Å². The van der Waals surface area contributed by atoms with Crippen LogP contribution < -0.4 is 5.32 Å². The zero-order valence-corrected chi connectivity index (χ0v) is 13.7. The maximum absolute atomic E-state index is 4.50. The highest BCUT2D eigenvalue weighted by atomic mass is 79.9. The van der Waals surface area contributed by atoms with Gasteiger partial charge in [-0.25, -0.2) is 4.98 Å². The summed E-state index contributed by atoms with van der Waals surface area (Å²) in [5, 5.41) is 5.82. The third-order valence-electron chi connectivity index (χ3n) is 3.68. The van der Waals surface area contributed by atoms with E-state index in [4.69, 9.17) is 0 Å². The van der Waals surface area contributed by atoms with E-state index in [9.17, 15) is 0 Å². The molecule has 0 amide bonds. The molecule has 0 radical (unpaired) electrons. The molecule has 0 bridgehead atoms. The van der Waals surface area contributed by atoms with E-state index in [-0.39, 0.29) is 6.04 Å². The quantitative estimate of drug-likeness (QED) is 0.682. The summed E-state index contributed by atoms with van der Waals surface area (Å²) in [6, 6.07) is 17.0. The molecule has 2 aromatic carbocycles. The summed E-state index contributed by atoms with van der Waals surface area (Å²) >= 11 is 3.59. The number of anilines is 1. The fourth-order valence-electron chi connectivity index (χ4n) is 2.43. The second kappa shape index (κ2) is 5.86. The van der Waals surface area contributed by atoms with Crippen LogP contribution in [0.1, 0.15) is 24.1 Å². The van der Waals surface area contributed by atoms with Crippen molar-refractivity contribution in [3.05, 3.63) is 70.3 Å². The van der Waals surface area contributed by atoms with Crippen LogP contribution in [-0.4, -0.2) is 4.98 Å². The number of aromatic nitrogens is 1. The third-order valence-corrected chi connectivity index (χ3v) is 4.37. The molecule has 1 unspecified atom stereocenters. The van der Waals surface area contributed by atoms with E-state index in [1.54, 1.807) is 0 Å². The lowest BCUT2D eigenvalue weighted by molar-refractivity contribution is 0.877. The minimum Gasteiger partial charge on any atom is -0.363 e. The van der Waals surface area contributed by atoms with Gasteiger partial charge in [-0.2, -0.15) is 0 Å². The minimum absolute atomic E-state index is 0.211. The van der Waals surface area contributed by atoms with Crippen LogP contribution in [-0.2, 0) is 0 Å². The maximum Gasteiger partial charge on any atom is 0.134 e. The number of halogens is 1. The Hall–Kier alpha value is -1.87. The molecule has 0 aliphatic heterocycles. The molecule has 0 saturated heterocycles. The molecule has 0 fully saturated rings. The topological polar surface area (TPSA) is 24.9 Å². The SMILES string of the molecule is Cc1ccc(C(C)Nc2nccc3c(Br)cccc23)cc1. The molecule has 1 aromatic heterocycles. The highest BCUT2D eigenvalue weighted by Gasteiger charge is 2.09. The Morgan fingerprint density at radius 2 is 1.76 bits per heavy atom. The molecule has 1 heterocycles. The first-order chi connectivity index (χ1) is 10.1. The van der Waals surface area contributed by atoms with Crippen molar-refractivity contribution in [2.24, 2.45) is 0 Å². The monoisotopic (exact) mass is 340 g/mol. The van der Waals surface area contributed by atoms with Crippen molar-refractivity contribution in [3.63, 3.8) is 0 Å². The molecule has 3 rings (SSSR count). The molecule has 21 heavy (non-hydrogen) atoms. The smallest absolute Gasteiger partial charge is 0.134 e.